The molecule has 6 heteroatoms. The Balaban J connectivity index is 2.01. The van der Waals surface area contributed by atoms with E-state index in [9.17, 15) is 4.79 Å². The Bertz CT molecular complexity index is 602. The van der Waals surface area contributed by atoms with Crippen LogP contribution in [0.1, 0.15) is 0 Å². The minimum absolute atomic E-state index is 0.334. The highest BCUT2D eigenvalue weighted by atomic mass is 127. The van der Waals surface area contributed by atoms with E-state index in [0.29, 0.717) is 15.7 Å². The molecule has 0 aliphatic heterocycles. The first-order valence-corrected chi connectivity index (χ1v) is 7.17. The molecule has 2 rings (SSSR count). The lowest BCUT2D eigenvalue weighted by atomic mass is 10.3. The quantitative estimate of drug-likeness (QED) is 0.657. The lowest BCUT2D eigenvalue weighted by molar-refractivity contribution is 0.262. The first-order chi connectivity index (χ1) is 9.04. The van der Waals surface area contributed by atoms with E-state index in [4.69, 9.17) is 23.2 Å². The van der Waals surface area contributed by atoms with Crippen LogP contribution in [0.3, 0.4) is 0 Å². The first kappa shape index (κ1) is 14.4. The molecule has 0 saturated heterocycles. The average molecular weight is 407 g/mol. The van der Waals surface area contributed by atoms with Gasteiger partial charge >= 0.3 is 6.03 Å². The van der Waals surface area contributed by atoms with Gasteiger partial charge in [-0.1, -0.05) is 23.2 Å². The van der Waals surface area contributed by atoms with E-state index in [1.807, 2.05) is 24.3 Å². The molecule has 98 valence electrons. The van der Waals surface area contributed by atoms with Crippen LogP contribution in [0, 0.1) is 3.57 Å². The third-order valence-corrected chi connectivity index (χ3v) is 3.74. The second-order valence-electron chi connectivity index (χ2n) is 3.71. The Morgan fingerprint density at radius 3 is 2.11 bits per heavy atom. The summed E-state index contributed by atoms with van der Waals surface area (Å²) in [6.45, 7) is 0. The van der Waals surface area contributed by atoms with E-state index >= 15 is 0 Å². The van der Waals surface area contributed by atoms with Gasteiger partial charge in [0, 0.05) is 14.9 Å². The fourth-order valence-corrected chi connectivity index (χ4v) is 2.06. The van der Waals surface area contributed by atoms with Gasteiger partial charge < -0.3 is 10.6 Å². The molecular weight excluding hydrogens is 398 g/mol. The topological polar surface area (TPSA) is 41.1 Å². The molecule has 0 fully saturated rings. The molecule has 0 aliphatic rings. The number of hydrogen-bond acceptors (Lipinski definition) is 1. The van der Waals surface area contributed by atoms with Crippen molar-refractivity contribution in [1.29, 1.82) is 0 Å². The summed E-state index contributed by atoms with van der Waals surface area (Å²) in [7, 11) is 0. The predicted octanol–water partition coefficient (Wildman–Crippen LogP) is 5.24. The number of halogens is 3. The van der Waals surface area contributed by atoms with Crippen LogP contribution in [0.15, 0.2) is 42.5 Å². The molecule has 0 bridgehead atoms. The van der Waals surface area contributed by atoms with Gasteiger partial charge in [-0.05, 0) is 65.1 Å². The molecule has 0 radical (unpaired) electrons. The highest BCUT2D eigenvalue weighted by Crippen LogP contribution is 2.25. The highest BCUT2D eigenvalue weighted by Gasteiger charge is 2.04. The SMILES string of the molecule is O=C(Nc1ccc(I)cc1)Nc1ccc(Cl)c(Cl)c1. The maximum Gasteiger partial charge on any atom is 0.323 e. The molecule has 0 atom stereocenters. The molecule has 0 heterocycles. The van der Waals surface area contributed by atoms with Gasteiger partial charge in [0.25, 0.3) is 0 Å². The Kier molecular flexibility index (Phi) is 4.90. The number of rotatable bonds is 2. The highest BCUT2D eigenvalue weighted by molar-refractivity contribution is 14.1. The van der Waals surface area contributed by atoms with Crippen molar-refractivity contribution in [3.8, 4) is 0 Å². The van der Waals surface area contributed by atoms with E-state index in [0.717, 1.165) is 9.26 Å². The van der Waals surface area contributed by atoms with Crippen molar-refractivity contribution in [2.75, 3.05) is 10.6 Å². The van der Waals surface area contributed by atoms with Crippen LogP contribution >= 0.6 is 45.8 Å². The number of urea groups is 1. The number of nitrogens with one attached hydrogen (secondary N) is 2. The Hall–Kier alpha value is -0.980. The van der Waals surface area contributed by atoms with Crippen molar-refractivity contribution in [3.63, 3.8) is 0 Å². The third kappa shape index (κ3) is 4.26. The molecule has 3 nitrogen and oxygen atoms in total. The molecule has 0 unspecified atom stereocenters. The maximum atomic E-state index is 11.8. The summed E-state index contributed by atoms with van der Waals surface area (Å²) in [4.78, 5) is 11.8. The van der Waals surface area contributed by atoms with Crippen molar-refractivity contribution in [2.24, 2.45) is 0 Å². The first-order valence-electron chi connectivity index (χ1n) is 5.33. The number of carbonyl (C=O) groups is 1. The van der Waals surface area contributed by atoms with Gasteiger partial charge in [-0.25, -0.2) is 4.79 Å². The monoisotopic (exact) mass is 406 g/mol. The maximum absolute atomic E-state index is 11.8. The molecule has 0 saturated carbocycles. The third-order valence-electron chi connectivity index (χ3n) is 2.28. The van der Waals surface area contributed by atoms with Crippen LogP contribution in [0.25, 0.3) is 0 Å². The zero-order chi connectivity index (χ0) is 13.8. The molecular formula is C13H9Cl2IN2O. The Labute approximate surface area is 134 Å². The smallest absolute Gasteiger partial charge is 0.308 e. The van der Waals surface area contributed by atoms with Crippen molar-refractivity contribution in [2.45, 2.75) is 0 Å². The second-order valence-corrected chi connectivity index (χ2v) is 5.77. The van der Waals surface area contributed by atoms with Gasteiger partial charge in [-0.2, -0.15) is 0 Å². The van der Waals surface area contributed by atoms with E-state index in [1.54, 1.807) is 18.2 Å². The largest absolute Gasteiger partial charge is 0.323 e. The van der Waals surface area contributed by atoms with Crippen LogP contribution in [0.2, 0.25) is 10.0 Å². The molecule has 19 heavy (non-hydrogen) atoms. The number of amides is 2. The average Bonchev–Trinajstić information content (AvgIpc) is 2.37. The van der Waals surface area contributed by atoms with Gasteiger partial charge in [0.1, 0.15) is 0 Å². The predicted molar refractivity (Wildman–Crippen MR) is 88.3 cm³/mol. The fraction of sp³-hybridized carbons (Fsp3) is 0. The van der Waals surface area contributed by atoms with Crippen LogP contribution in [-0.4, -0.2) is 6.03 Å². The number of benzene rings is 2. The van der Waals surface area contributed by atoms with E-state index in [1.165, 1.54) is 0 Å². The fourth-order valence-electron chi connectivity index (χ4n) is 1.40. The zero-order valence-electron chi connectivity index (χ0n) is 9.58. The summed E-state index contributed by atoms with van der Waals surface area (Å²) < 4.78 is 1.10. The standard InChI is InChI=1S/C13H9Cl2IN2O/c14-11-6-5-10(7-12(11)15)18-13(19)17-9-3-1-8(16)2-4-9/h1-7H,(H2,17,18,19). The molecule has 0 aromatic heterocycles. The molecule has 0 spiro atoms. The Morgan fingerprint density at radius 2 is 1.47 bits per heavy atom. The summed E-state index contributed by atoms with van der Waals surface area (Å²) in [5.74, 6) is 0. The van der Waals surface area contributed by atoms with Gasteiger partial charge in [0.05, 0.1) is 10.0 Å². The van der Waals surface area contributed by atoms with Gasteiger partial charge in [-0.3, -0.25) is 0 Å². The van der Waals surface area contributed by atoms with Gasteiger partial charge in [-0.15, -0.1) is 0 Å². The lowest BCUT2D eigenvalue weighted by Gasteiger charge is -2.08. The van der Waals surface area contributed by atoms with Crippen molar-refractivity contribution < 1.29 is 4.79 Å². The van der Waals surface area contributed by atoms with E-state index < -0.39 is 0 Å². The summed E-state index contributed by atoms with van der Waals surface area (Å²) in [6, 6.07) is 12.1. The second kappa shape index (κ2) is 6.45. The van der Waals surface area contributed by atoms with Crippen LogP contribution in [0.5, 0.6) is 0 Å². The van der Waals surface area contributed by atoms with Crippen LogP contribution < -0.4 is 10.6 Å². The summed E-state index contributed by atoms with van der Waals surface area (Å²) in [5.41, 5.74) is 1.30. The number of hydrogen-bond donors (Lipinski definition) is 2. The summed E-state index contributed by atoms with van der Waals surface area (Å²) >= 11 is 13.9. The molecule has 2 aromatic carbocycles. The minimum Gasteiger partial charge on any atom is -0.308 e. The van der Waals surface area contributed by atoms with Crippen molar-refractivity contribution >= 4 is 63.2 Å². The summed E-state index contributed by atoms with van der Waals surface area (Å²) in [6.07, 6.45) is 0. The Morgan fingerprint density at radius 1 is 0.895 bits per heavy atom. The normalized spacial score (nSPS) is 10.1. The van der Waals surface area contributed by atoms with Gasteiger partial charge in [0.15, 0.2) is 0 Å². The number of carbonyl (C=O) groups excluding carboxylic acids is 1. The summed E-state index contributed by atoms with van der Waals surface area (Å²) in [5, 5.41) is 6.25. The molecule has 2 aromatic rings. The molecule has 2 N–H and O–H groups in total. The van der Waals surface area contributed by atoms with Crippen molar-refractivity contribution in [3.05, 3.63) is 56.1 Å². The van der Waals surface area contributed by atoms with Crippen molar-refractivity contribution in [1.82, 2.24) is 0 Å². The number of anilines is 2. The van der Waals surface area contributed by atoms with E-state index in [2.05, 4.69) is 33.2 Å². The van der Waals surface area contributed by atoms with Gasteiger partial charge in [0.2, 0.25) is 0 Å². The molecule has 2 amide bonds. The van der Waals surface area contributed by atoms with E-state index in [-0.39, 0.29) is 6.03 Å². The molecule has 0 aliphatic carbocycles. The van der Waals surface area contributed by atoms with Crippen LogP contribution in [0.4, 0.5) is 16.2 Å². The van der Waals surface area contributed by atoms with Crippen LogP contribution in [-0.2, 0) is 0 Å². The minimum atomic E-state index is -0.334. The zero-order valence-corrected chi connectivity index (χ0v) is 13.3. The lowest BCUT2D eigenvalue weighted by Crippen LogP contribution is -2.19.